The lowest BCUT2D eigenvalue weighted by atomic mass is 9.89. The second kappa shape index (κ2) is 7.51. The lowest BCUT2D eigenvalue weighted by Crippen LogP contribution is -2.32. The van der Waals surface area contributed by atoms with Crippen LogP contribution in [0.2, 0.25) is 0 Å². The molecule has 8 heteroatoms. The fourth-order valence-corrected chi connectivity index (χ4v) is 3.88. The smallest absolute Gasteiger partial charge is 0.386 e. The normalized spacial score (nSPS) is 13.2. The number of imidazole rings is 1. The summed E-state index contributed by atoms with van der Waals surface area (Å²) in [6.45, 7) is 8.25. The summed E-state index contributed by atoms with van der Waals surface area (Å²) in [5.41, 5.74) is 1.45. The van der Waals surface area contributed by atoms with Crippen molar-refractivity contribution in [3.8, 4) is 11.3 Å². The van der Waals surface area contributed by atoms with Gasteiger partial charge in [0.25, 0.3) is 0 Å². The number of rotatable bonds is 5. The van der Waals surface area contributed by atoms with Crippen molar-refractivity contribution in [2.45, 2.75) is 59.4 Å². The molecular formula is C23H28F3N3O2. The zero-order valence-corrected chi connectivity index (χ0v) is 18.6. The second-order valence-electron chi connectivity index (χ2n) is 9.51. The Morgan fingerprint density at radius 2 is 1.71 bits per heavy atom. The van der Waals surface area contributed by atoms with Gasteiger partial charge >= 0.3 is 11.9 Å². The van der Waals surface area contributed by atoms with E-state index in [2.05, 4.69) is 4.98 Å². The molecule has 0 bridgehead atoms. The Bertz CT molecular complexity index is 1180. The predicted octanol–water partition coefficient (Wildman–Crippen LogP) is 4.92. The van der Waals surface area contributed by atoms with E-state index in [1.807, 2.05) is 25.1 Å². The summed E-state index contributed by atoms with van der Waals surface area (Å²) in [5, 5.41) is 10.3. The minimum Gasteiger partial charge on any atom is -0.386 e. The summed E-state index contributed by atoms with van der Waals surface area (Å²) in [5.74, 6) is 0. The third-order valence-electron chi connectivity index (χ3n) is 5.47. The Morgan fingerprint density at radius 1 is 1.06 bits per heavy atom. The first-order valence-corrected chi connectivity index (χ1v) is 10.1. The molecule has 3 rings (SSSR count). The molecule has 0 saturated carbocycles. The van der Waals surface area contributed by atoms with Gasteiger partial charge in [0.1, 0.15) is 0 Å². The van der Waals surface area contributed by atoms with Crippen molar-refractivity contribution < 1.29 is 18.3 Å². The van der Waals surface area contributed by atoms with Gasteiger partial charge in [0.15, 0.2) is 5.65 Å². The third-order valence-corrected chi connectivity index (χ3v) is 5.47. The van der Waals surface area contributed by atoms with Crippen molar-refractivity contribution in [1.29, 1.82) is 0 Å². The van der Waals surface area contributed by atoms with Crippen LogP contribution in [0, 0.1) is 12.3 Å². The number of fused-ring (bicyclic) bond motifs is 1. The minimum absolute atomic E-state index is 0.0725. The lowest BCUT2D eigenvalue weighted by molar-refractivity contribution is -0.155. The number of nitrogens with zero attached hydrogens (tertiary/aromatic N) is 3. The summed E-state index contributed by atoms with van der Waals surface area (Å²) < 4.78 is 41.6. The predicted molar refractivity (Wildman–Crippen MR) is 115 cm³/mol. The average molecular weight is 435 g/mol. The summed E-state index contributed by atoms with van der Waals surface area (Å²) in [6, 6.07) is 9.10. The van der Waals surface area contributed by atoms with E-state index >= 15 is 0 Å². The maximum Gasteiger partial charge on any atom is 0.389 e. The highest BCUT2D eigenvalue weighted by Crippen LogP contribution is 2.35. The summed E-state index contributed by atoms with van der Waals surface area (Å²) in [4.78, 5) is 17.5. The number of aliphatic hydroxyl groups is 1. The van der Waals surface area contributed by atoms with Gasteiger partial charge in [-0.1, -0.05) is 26.0 Å². The van der Waals surface area contributed by atoms with Crippen LogP contribution in [0.1, 0.15) is 45.2 Å². The van der Waals surface area contributed by atoms with Gasteiger partial charge < -0.3 is 5.11 Å². The molecule has 0 amide bonds. The molecule has 0 aliphatic heterocycles. The molecule has 168 valence electrons. The number of hydrogen-bond donors (Lipinski definition) is 1. The van der Waals surface area contributed by atoms with E-state index in [1.165, 1.54) is 23.0 Å². The minimum atomic E-state index is -4.31. The molecule has 2 heterocycles. The number of aryl methyl sites for hydroxylation is 2. The molecule has 1 N–H and O–H groups in total. The maximum absolute atomic E-state index is 12.9. The van der Waals surface area contributed by atoms with Crippen LogP contribution >= 0.6 is 0 Å². The monoisotopic (exact) mass is 435 g/mol. The average Bonchev–Trinajstić information content (AvgIpc) is 2.83. The van der Waals surface area contributed by atoms with Crippen LogP contribution in [0.25, 0.3) is 22.4 Å². The molecule has 0 fully saturated rings. The highest BCUT2D eigenvalue weighted by molar-refractivity contribution is 5.77. The van der Waals surface area contributed by atoms with Gasteiger partial charge in [0, 0.05) is 19.2 Å². The Morgan fingerprint density at radius 3 is 2.29 bits per heavy atom. The van der Waals surface area contributed by atoms with Gasteiger partial charge in [-0.25, -0.2) is 9.78 Å². The van der Waals surface area contributed by atoms with Gasteiger partial charge in [-0.2, -0.15) is 13.2 Å². The van der Waals surface area contributed by atoms with Crippen LogP contribution in [0.3, 0.4) is 0 Å². The van der Waals surface area contributed by atoms with E-state index in [0.717, 1.165) is 16.7 Å². The molecule has 2 aromatic heterocycles. The number of pyridine rings is 1. The van der Waals surface area contributed by atoms with E-state index in [4.69, 9.17) is 0 Å². The Kier molecular flexibility index (Phi) is 5.59. The SMILES string of the molecule is Cc1ccc(C(C)(C)O)cc1-c1ccc2c(n1)n(C)c(=O)n2CC(C)(C)CC(F)(F)F. The van der Waals surface area contributed by atoms with Crippen LogP contribution in [-0.4, -0.2) is 25.4 Å². The van der Waals surface area contributed by atoms with Crippen LogP contribution < -0.4 is 5.69 Å². The molecule has 0 aliphatic rings. The van der Waals surface area contributed by atoms with Crippen molar-refractivity contribution in [3.63, 3.8) is 0 Å². The Labute approximate surface area is 179 Å². The van der Waals surface area contributed by atoms with Gasteiger partial charge in [-0.15, -0.1) is 0 Å². The number of alkyl halides is 3. The third kappa shape index (κ3) is 4.84. The van der Waals surface area contributed by atoms with Crippen molar-refractivity contribution in [2.75, 3.05) is 0 Å². The molecule has 1 aromatic carbocycles. The zero-order valence-electron chi connectivity index (χ0n) is 18.6. The molecule has 0 aliphatic carbocycles. The highest BCUT2D eigenvalue weighted by atomic mass is 19.4. The lowest BCUT2D eigenvalue weighted by Gasteiger charge is -2.26. The second-order valence-corrected chi connectivity index (χ2v) is 9.51. The van der Waals surface area contributed by atoms with Gasteiger partial charge in [0.05, 0.1) is 23.2 Å². The van der Waals surface area contributed by atoms with E-state index < -0.39 is 29.3 Å². The van der Waals surface area contributed by atoms with Gasteiger partial charge in [-0.05, 0) is 55.5 Å². The summed E-state index contributed by atoms with van der Waals surface area (Å²) in [7, 11) is 1.56. The Hall–Kier alpha value is -2.61. The molecule has 0 spiro atoms. The zero-order chi connectivity index (χ0) is 23.4. The van der Waals surface area contributed by atoms with Crippen LogP contribution in [0.5, 0.6) is 0 Å². The van der Waals surface area contributed by atoms with E-state index in [0.29, 0.717) is 16.9 Å². The topological polar surface area (TPSA) is 60.1 Å². The first-order chi connectivity index (χ1) is 14.1. The molecule has 0 unspecified atom stereocenters. The first-order valence-electron chi connectivity index (χ1n) is 10.1. The summed E-state index contributed by atoms with van der Waals surface area (Å²) >= 11 is 0. The van der Waals surface area contributed by atoms with E-state index in [9.17, 15) is 23.1 Å². The molecule has 3 aromatic rings. The number of aromatic nitrogens is 3. The number of hydrogen-bond acceptors (Lipinski definition) is 3. The molecule has 31 heavy (non-hydrogen) atoms. The van der Waals surface area contributed by atoms with Crippen LogP contribution in [0.4, 0.5) is 13.2 Å². The highest BCUT2D eigenvalue weighted by Gasteiger charge is 2.37. The molecule has 0 saturated heterocycles. The van der Waals surface area contributed by atoms with Gasteiger partial charge in [-0.3, -0.25) is 9.13 Å². The van der Waals surface area contributed by atoms with Crippen molar-refractivity contribution in [1.82, 2.24) is 14.1 Å². The molecular weight excluding hydrogens is 407 g/mol. The maximum atomic E-state index is 12.9. The Balaban J connectivity index is 2.10. The van der Waals surface area contributed by atoms with E-state index in [1.54, 1.807) is 33.0 Å². The van der Waals surface area contributed by atoms with Crippen LogP contribution in [-0.2, 0) is 19.2 Å². The van der Waals surface area contributed by atoms with Crippen molar-refractivity contribution in [2.24, 2.45) is 12.5 Å². The summed E-state index contributed by atoms with van der Waals surface area (Å²) in [6.07, 6.45) is -5.30. The van der Waals surface area contributed by atoms with Crippen molar-refractivity contribution >= 4 is 11.2 Å². The quantitative estimate of drug-likeness (QED) is 0.619. The molecule has 0 atom stereocenters. The largest absolute Gasteiger partial charge is 0.389 e. The first kappa shape index (κ1) is 23.1. The fourth-order valence-electron chi connectivity index (χ4n) is 3.88. The number of halogens is 3. The standard InChI is InChI=1S/C23H28F3N3O2/c1-14-7-8-15(22(4,5)31)11-16(14)17-9-10-18-19(27-17)28(6)20(30)29(18)13-21(2,3)12-23(24,25)26/h7-11,31H,12-13H2,1-6H3. The van der Waals surface area contributed by atoms with Gasteiger partial charge in [0.2, 0.25) is 0 Å². The molecule has 0 radical (unpaired) electrons. The van der Waals surface area contributed by atoms with Crippen LogP contribution in [0.15, 0.2) is 35.1 Å². The number of benzene rings is 1. The molecule has 5 nitrogen and oxygen atoms in total. The fraction of sp³-hybridized carbons (Fsp3) is 0.478. The van der Waals surface area contributed by atoms with E-state index in [-0.39, 0.29) is 6.54 Å². The van der Waals surface area contributed by atoms with Crippen molar-refractivity contribution in [3.05, 3.63) is 51.9 Å².